The van der Waals surface area contributed by atoms with Crippen LogP contribution in [0.1, 0.15) is 52.9 Å². The molecule has 0 bridgehead atoms. The van der Waals surface area contributed by atoms with Crippen molar-refractivity contribution in [3.8, 4) is 0 Å². The van der Waals surface area contributed by atoms with Crippen LogP contribution < -0.4 is 5.32 Å². The summed E-state index contributed by atoms with van der Waals surface area (Å²) < 4.78 is 0. The number of nitrogens with one attached hydrogen (secondary N) is 1. The number of nitrogens with zero attached hydrogens (tertiary/aromatic N) is 1. The Hall–Kier alpha value is -0.0800. The van der Waals surface area contributed by atoms with Gasteiger partial charge in [0.1, 0.15) is 0 Å². The Kier molecular flexibility index (Phi) is 6.26. The minimum atomic E-state index is 0.736. The molecule has 1 aliphatic rings. The van der Waals surface area contributed by atoms with Gasteiger partial charge in [0.15, 0.2) is 0 Å². The van der Waals surface area contributed by atoms with E-state index in [1.54, 1.807) is 0 Å². The van der Waals surface area contributed by atoms with E-state index in [9.17, 15) is 0 Å². The third kappa shape index (κ3) is 4.52. The average Bonchev–Trinajstić information content (AvgIpc) is 2.53. The fourth-order valence-electron chi connectivity index (χ4n) is 2.42. The molecule has 1 rings (SSSR count). The van der Waals surface area contributed by atoms with Gasteiger partial charge in [0, 0.05) is 18.6 Å². The molecule has 15 heavy (non-hydrogen) atoms. The van der Waals surface area contributed by atoms with Gasteiger partial charge in [-0.1, -0.05) is 26.7 Å². The summed E-state index contributed by atoms with van der Waals surface area (Å²) in [5.74, 6) is 0. The molecular formula is C13H28N2. The minimum absolute atomic E-state index is 0.736. The first-order chi connectivity index (χ1) is 7.27. The number of hydrogen-bond donors (Lipinski definition) is 1. The second-order valence-corrected chi connectivity index (χ2v) is 4.85. The maximum atomic E-state index is 3.68. The van der Waals surface area contributed by atoms with Gasteiger partial charge in [-0.05, 0) is 39.3 Å². The molecule has 0 aliphatic carbocycles. The van der Waals surface area contributed by atoms with Crippen LogP contribution in [-0.4, -0.2) is 36.6 Å². The molecule has 0 aromatic rings. The van der Waals surface area contributed by atoms with Crippen LogP contribution >= 0.6 is 0 Å². The Bertz CT molecular complexity index is 151. The van der Waals surface area contributed by atoms with Crippen molar-refractivity contribution in [3.63, 3.8) is 0 Å². The molecule has 0 aromatic carbocycles. The highest BCUT2D eigenvalue weighted by Crippen LogP contribution is 2.11. The van der Waals surface area contributed by atoms with Gasteiger partial charge in [0.2, 0.25) is 0 Å². The van der Waals surface area contributed by atoms with Gasteiger partial charge in [0.25, 0.3) is 0 Å². The molecular weight excluding hydrogens is 184 g/mol. The van der Waals surface area contributed by atoms with E-state index in [2.05, 4.69) is 31.0 Å². The SMILES string of the molecule is CCC(C)N(CC)CC1CCCCCN1. The molecule has 1 fully saturated rings. The molecule has 2 heteroatoms. The van der Waals surface area contributed by atoms with Crippen molar-refractivity contribution in [1.29, 1.82) is 0 Å². The molecule has 1 heterocycles. The van der Waals surface area contributed by atoms with E-state index in [1.807, 2.05) is 0 Å². The third-order valence-corrected chi connectivity index (χ3v) is 3.74. The maximum Gasteiger partial charge on any atom is 0.0195 e. The smallest absolute Gasteiger partial charge is 0.0195 e. The fourth-order valence-corrected chi connectivity index (χ4v) is 2.42. The standard InChI is InChI=1S/C13H28N2/c1-4-12(3)15(5-2)11-13-9-7-6-8-10-14-13/h12-14H,4-11H2,1-3H3. The van der Waals surface area contributed by atoms with Crippen LogP contribution in [0.5, 0.6) is 0 Å². The molecule has 1 aliphatic heterocycles. The van der Waals surface area contributed by atoms with Crippen LogP contribution in [0.2, 0.25) is 0 Å². The maximum absolute atomic E-state index is 3.68. The predicted molar refractivity (Wildman–Crippen MR) is 67.3 cm³/mol. The first-order valence-corrected chi connectivity index (χ1v) is 6.75. The molecule has 2 unspecified atom stereocenters. The van der Waals surface area contributed by atoms with Crippen molar-refractivity contribution in [1.82, 2.24) is 10.2 Å². The lowest BCUT2D eigenvalue weighted by molar-refractivity contribution is 0.189. The summed E-state index contributed by atoms with van der Waals surface area (Å²) >= 11 is 0. The predicted octanol–water partition coefficient (Wildman–Crippen LogP) is 2.64. The lowest BCUT2D eigenvalue weighted by Crippen LogP contribution is -2.44. The van der Waals surface area contributed by atoms with Gasteiger partial charge in [-0.25, -0.2) is 0 Å². The quantitative estimate of drug-likeness (QED) is 0.753. The van der Waals surface area contributed by atoms with Gasteiger partial charge >= 0.3 is 0 Å². The number of rotatable bonds is 5. The molecule has 1 saturated heterocycles. The second kappa shape index (κ2) is 7.24. The summed E-state index contributed by atoms with van der Waals surface area (Å²) in [6.45, 7) is 10.6. The number of hydrogen-bond acceptors (Lipinski definition) is 2. The Morgan fingerprint density at radius 1 is 1.27 bits per heavy atom. The Morgan fingerprint density at radius 2 is 2.07 bits per heavy atom. The topological polar surface area (TPSA) is 15.3 Å². The van der Waals surface area contributed by atoms with Crippen LogP contribution in [0.3, 0.4) is 0 Å². The monoisotopic (exact) mass is 212 g/mol. The highest BCUT2D eigenvalue weighted by Gasteiger charge is 2.17. The van der Waals surface area contributed by atoms with Crippen LogP contribution in [0.15, 0.2) is 0 Å². The van der Waals surface area contributed by atoms with Gasteiger partial charge < -0.3 is 5.32 Å². The molecule has 2 nitrogen and oxygen atoms in total. The van der Waals surface area contributed by atoms with Crippen molar-refractivity contribution in [3.05, 3.63) is 0 Å². The van der Waals surface area contributed by atoms with Gasteiger partial charge in [-0.15, -0.1) is 0 Å². The summed E-state index contributed by atoms with van der Waals surface area (Å²) in [6.07, 6.45) is 6.83. The lowest BCUT2D eigenvalue weighted by atomic mass is 10.1. The lowest BCUT2D eigenvalue weighted by Gasteiger charge is -2.31. The summed E-state index contributed by atoms with van der Waals surface area (Å²) in [5.41, 5.74) is 0. The van der Waals surface area contributed by atoms with Crippen molar-refractivity contribution in [2.24, 2.45) is 0 Å². The van der Waals surface area contributed by atoms with Crippen LogP contribution in [0.4, 0.5) is 0 Å². The summed E-state index contributed by atoms with van der Waals surface area (Å²) in [7, 11) is 0. The van der Waals surface area contributed by atoms with E-state index in [-0.39, 0.29) is 0 Å². The molecule has 1 N–H and O–H groups in total. The van der Waals surface area contributed by atoms with Crippen LogP contribution in [0, 0.1) is 0 Å². The first kappa shape index (κ1) is 13.0. The van der Waals surface area contributed by atoms with E-state index < -0.39 is 0 Å². The van der Waals surface area contributed by atoms with E-state index in [0.29, 0.717) is 0 Å². The van der Waals surface area contributed by atoms with Gasteiger partial charge in [-0.2, -0.15) is 0 Å². The van der Waals surface area contributed by atoms with Crippen molar-refractivity contribution in [2.75, 3.05) is 19.6 Å². The van der Waals surface area contributed by atoms with E-state index in [0.717, 1.165) is 12.1 Å². The van der Waals surface area contributed by atoms with Crippen molar-refractivity contribution in [2.45, 2.75) is 65.0 Å². The Balaban J connectivity index is 2.35. The third-order valence-electron chi connectivity index (χ3n) is 3.74. The zero-order valence-corrected chi connectivity index (χ0v) is 10.8. The molecule has 0 saturated carbocycles. The largest absolute Gasteiger partial charge is 0.313 e. The average molecular weight is 212 g/mol. The van der Waals surface area contributed by atoms with E-state index >= 15 is 0 Å². The zero-order chi connectivity index (χ0) is 11.1. The molecule has 0 aromatic heterocycles. The molecule has 0 spiro atoms. The van der Waals surface area contributed by atoms with Crippen molar-refractivity contribution < 1.29 is 0 Å². The molecule has 90 valence electrons. The van der Waals surface area contributed by atoms with E-state index in [1.165, 1.54) is 51.7 Å². The molecule has 0 radical (unpaired) electrons. The number of likely N-dealkylation sites (N-methyl/N-ethyl adjacent to an activating group) is 1. The Labute approximate surface area is 95.4 Å². The van der Waals surface area contributed by atoms with Crippen LogP contribution in [0.25, 0.3) is 0 Å². The minimum Gasteiger partial charge on any atom is -0.313 e. The van der Waals surface area contributed by atoms with E-state index in [4.69, 9.17) is 0 Å². The molecule has 2 atom stereocenters. The van der Waals surface area contributed by atoms with Gasteiger partial charge in [-0.3, -0.25) is 4.90 Å². The molecule has 0 amide bonds. The van der Waals surface area contributed by atoms with Crippen LogP contribution in [-0.2, 0) is 0 Å². The second-order valence-electron chi connectivity index (χ2n) is 4.85. The summed E-state index contributed by atoms with van der Waals surface area (Å²) in [4.78, 5) is 2.61. The highest BCUT2D eigenvalue weighted by molar-refractivity contribution is 4.76. The first-order valence-electron chi connectivity index (χ1n) is 6.75. The fraction of sp³-hybridized carbons (Fsp3) is 1.00. The van der Waals surface area contributed by atoms with Gasteiger partial charge in [0.05, 0.1) is 0 Å². The normalized spacial score (nSPS) is 25.2. The zero-order valence-electron chi connectivity index (χ0n) is 10.8. The summed E-state index contributed by atoms with van der Waals surface area (Å²) in [5, 5.41) is 3.68. The summed E-state index contributed by atoms with van der Waals surface area (Å²) in [6, 6.07) is 1.47. The van der Waals surface area contributed by atoms with Crippen molar-refractivity contribution >= 4 is 0 Å². The Morgan fingerprint density at radius 3 is 2.73 bits per heavy atom. The highest BCUT2D eigenvalue weighted by atomic mass is 15.2.